The first-order valence-electron chi connectivity index (χ1n) is 8.68. The van der Waals surface area contributed by atoms with Crippen LogP contribution in [-0.2, 0) is 0 Å². The van der Waals surface area contributed by atoms with Crippen molar-refractivity contribution in [1.82, 2.24) is 24.5 Å². The number of benzene rings is 1. The monoisotopic (exact) mass is 363 g/mol. The topological polar surface area (TPSA) is 63.4 Å². The van der Waals surface area contributed by atoms with Gasteiger partial charge in [-0.1, -0.05) is 12.1 Å². The number of aromatic nitrogens is 4. The normalized spacial score (nSPS) is 17.4. The number of thiazole rings is 1. The van der Waals surface area contributed by atoms with Crippen molar-refractivity contribution in [3.63, 3.8) is 0 Å². The summed E-state index contributed by atoms with van der Waals surface area (Å²) >= 11 is 1.68. The third kappa shape index (κ3) is 2.31. The van der Waals surface area contributed by atoms with E-state index in [0.29, 0.717) is 5.56 Å². The second kappa shape index (κ2) is 5.88. The molecule has 4 heterocycles. The molecule has 0 saturated carbocycles. The molecule has 6 nitrogen and oxygen atoms in total. The van der Waals surface area contributed by atoms with Crippen LogP contribution in [0.2, 0.25) is 0 Å². The van der Waals surface area contributed by atoms with Gasteiger partial charge in [-0.3, -0.25) is 4.79 Å². The molecular weight excluding hydrogens is 346 g/mol. The molecule has 130 valence electrons. The fraction of sp³-hybridized carbons (Fsp3) is 0.263. The van der Waals surface area contributed by atoms with Crippen LogP contribution in [0, 0.1) is 6.92 Å². The van der Waals surface area contributed by atoms with E-state index in [-0.39, 0.29) is 11.9 Å². The minimum atomic E-state index is 0.00848. The summed E-state index contributed by atoms with van der Waals surface area (Å²) in [5, 5.41) is 5.28. The molecule has 1 aliphatic heterocycles. The number of aryl methyl sites for hydroxylation is 1. The van der Waals surface area contributed by atoms with Gasteiger partial charge in [0.2, 0.25) is 0 Å². The molecule has 1 amide bonds. The average molecular weight is 363 g/mol. The van der Waals surface area contributed by atoms with E-state index in [1.165, 1.54) is 0 Å². The quantitative estimate of drug-likeness (QED) is 0.546. The van der Waals surface area contributed by atoms with Crippen molar-refractivity contribution in [2.75, 3.05) is 6.54 Å². The molecule has 5 rings (SSSR count). The fourth-order valence-electron chi connectivity index (χ4n) is 3.65. The second-order valence-corrected chi connectivity index (χ2v) is 7.60. The summed E-state index contributed by atoms with van der Waals surface area (Å²) in [4.78, 5) is 24.3. The molecule has 1 saturated heterocycles. The predicted octanol–water partition coefficient (Wildman–Crippen LogP) is 3.62. The first-order valence-corrected chi connectivity index (χ1v) is 9.50. The summed E-state index contributed by atoms with van der Waals surface area (Å²) in [6, 6.07) is 10.00. The van der Waals surface area contributed by atoms with Gasteiger partial charge in [-0.25, -0.2) is 14.5 Å². The molecule has 1 aliphatic rings. The van der Waals surface area contributed by atoms with Crippen LogP contribution in [0.5, 0.6) is 0 Å². The number of carbonyl (C=O) groups is 1. The Hall–Kier alpha value is -2.80. The molecule has 4 aromatic rings. The molecule has 1 atom stereocenters. The lowest BCUT2D eigenvalue weighted by Gasteiger charge is -2.23. The molecule has 1 fully saturated rings. The number of nitrogens with zero attached hydrogens (tertiary/aromatic N) is 5. The van der Waals surface area contributed by atoms with Crippen LogP contribution in [0.1, 0.15) is 39.9 Å². The van der Waals surface area contributed by atoms with Crippen molar-refractivity contribution in [2.24, 2.45) is 0 Å². The Morgan fingerprint density at radius 2 is 2.15 bits per heavy atom. The van der Waals surface area contributed by atoms with Gasteiger partial charge in [0.1, 0.15) is 5.01 Å². The zero-order chi connectivity index (χ0) is 17.7. The molecule has 26 heavy (non-hydrogen) atoms. The molecule has 0 radical (unpaired) electrons. The zero-order valence-corrected chi connectivity index (χ0v) is 15.1. The van der Waals surface area contributed by atoms with E-state index >= 15 is 0 Å². The molecule has 0 aliphatic carbocycles. The van der Waals surface area contributed by atoms with E-state index in [2.05, 4.69) is 16.1 Å². The first kappa shape index (κ1) is 15.5. The maximum atomic E-state index is 13.3. The van der Waals surface area contributed by atoms with Crippen molar-refractivity contribution in [3.05, 3.63) is 59.0 Å². The van der Waals surface area contributed by atoms with Crippen LogP contribution in [0.15, 0.2) is 42.7 Å². The highest BCUT2D eigenvalue weighted by Crippen LogP contribution is 2.37. The third-order valence-corrected chi connectivity index (χ3v) is 6.13. The lowest BCUT2D eigenvalue weighted by atomic mass is 10.2. The van der Waals surface area contributed by atoms with E-state index in [0.717, 1.165) is 46.0 Å². The number of hydrogen-bond acceptors (Lipinski definition) is 5. The molecule has 0 bridgehead atoms. The third-order valence-electron chi connectivity index (χ3n) is 5.00. The van der Waals surface area contributed by atoms with Gasteiger partial charge in [0.05, 0.1) is 33.7 Å². The highest BCUT2D eigenvalue weighted by Gasteiger charge is 2.33. The fourth-order valence-corrected chi connectivity index (χ4v) is 4.77. The van der Waals surface area contributed by atoms with E-state index in [1.807, 2.05) is 36.1 Å². The predicted molar refractivity (Wildman–Crippen MR) is 100 cm³/mol. The molecule has 1 aromatic carbocycles. The maximum Gasteiger partial charge on any atom is 0.257 e. The Kier molecular flexibility index (Phi) is 3.49. The average Bonchev–Trinajstić information content (AvgIpc) is 3.38. The Balaban J connectivity index is 1.53. The Morgan fingerprint density at radius 3 is 3.04 bits per heavy atom. The minimum absolute atomic E-state index is 0.00848. The van der Waals surface area contributed by atoms with Crippen molar-refractivity contribution >= 4 is 33.1 Å². The van der Waals surface area contributed by atoms with Gasteiger partial charge in [-0.2, -0.15) is 5.10 Å². The molecule has 1 unspecified atom stereocenters. The van der Waals surface area contributed by atoms with Crippen LogP contribution in [0.3, 0.4) is 0 Å². The summed E-state index contributed by atoms with van der Waals surface area (Å²) in [6.45, 7) is 2.66. The number of para-hydroxylation sites is 1. The van der Waals surface area contributed by atoms with Crippen LogP contribution < -0.4 is 0 Å². The number of amides is 1. The van der Waals surface area contributed by atoms with Gasteiger partial charge in [0.15, 0.2) is 5.65 Å². The van der Waals surface area contributed by atoms with Crippen molar-refractivity contribution in [3.8, 4) is 0 Å². The summed E-state index contributed by atoms with van der Waals surface area (Å²) in [5.41, 5.74) is 3.18. The lowest BCUT2D eigenvalue weighted by molar-refractivity contribution is 0.0733. The van der Waals surface area contributed by atoms with Gasteiger partial charge in [-0.15, -0.1) is 11.3 Å². The molecule has 7 heteroatoms. The Morgan fingerprint density at radius 1 is 1.27 bits per heavy atom. The van der Waals surface area contributed by atoms with Gasteiger partial charge >= 0.3 is 0 Å². The summed E-state index contributed by atoms with van der Waals surface area (Å²) in [7, 11) is 0. The number of carbonyl (C=O) groups excluding carboxylic acids is 1. The van der Waals surface area contributed by atoms with Gasteiger partial charge in [0.25, 0.3) is 5.91 Å². The Labute approximate surface area is 154 Å². The van der Waals surface area contributed by atoms with Crippen LogP contribution in [-0.4, -0.2) is 36.9 Å². The van der Waals surface area contributed by atoms with Crippen LogP contribution in [0.25, 0.3) is 15.9 Å². The summed E-state index contributed by atoms with van der Waals surface area (Å²) < 4.78 is 2.88. The first-order chi connectivity index (χ1) is 12.7. The van der Waals surface area contributed by atoms with E-state index in [4.69, 9.17) is 4.98 Å². The van der Waals surface area contributed by atoms with E-state index < -0.39 is 0 Å². The largest absolute Gasteiger partial charge is 0.329 e. The van der Waals surface area contributed by atoms with Crippen molar-refractivity contribution in [2.45, 2.75) is 25.8 Å². The smallest absolute Gasteiger partial charge is 0.257 e. The molecule has 0 spiro atoms. The van der Waals surface area contributed by atoms with Gasteiger partial charge < -0.3 is 4.90 Å². The standard InChI is InChI=1S/C19H17N5OS/c1-12-13(11-20-17-8-9-21-24(12)17)19(25)23-10-4-6-15(23)18-22-14-5-2-3-7-16(14)26-18/h2-3,5,7-9,11,15H,4,6,10H2,1H3. The van der Waals surface area contributed by atoms with Gasteiger partial charge in [-0.05, 0) is 31.9 Å². The maximum absolute atomic E-state index is 13.3. The van der Waals surface area contributed by atoms with Crippen molar-refractivity contribution < 1.29 is 4.79 Å². The molecule has 0 N–H and O–H groups in total. The number of fused-ring (bicyclic) bond motifs is 2. The van der Waals surface area contributed by atoms with Gasteiger partial charge in [0, 0.05) is 18.8 Å². The molecule has 3 aromatic heterocycles. The van der Waals surface area contributed by atoms with E-state index in [1.54, 1.807) is 28.2 Å². The SMILES string of the molecule is Cc1c(C(=O)N2CCCC2c2nc3ccccc3s2)cnc2ccnn12. The number of likely N-dealkylation sites (tertiary alicyclic amines) is 1. The van der Waals surface area contributed by atoms with Crippen molar-refractivity contribution in [1.29, 1.82) is 0 Å². The van der Waals surface area contributed by atoms with Crippen LogP contribution >= 0.6 is 11.3 Å². The zero-order valence-electron chi connectivity index (χ0n) is 14.3. The lowest BCUT2D eigenvalue weighted by Crippen LogP contribution is -2.31. The highest BCUT2D eigenvalue weighted by atomic mass is 32.1. The molecular formula is C19H17N5OS. The van der Waals surface area contributed by atoms with E-state index in [9.17, 15) is 4.79 Å². The summed E-state index contributed by atoms with van der Waals surface area (Å²) in [5.74, 6) is 0.00848. The number of hydrogen-bond donors (Lipinski definition) is 0. The summed E-state index contributed by atoms with van der Waals surface area (Å²) in [6.07, 6.45) is 5.30. The highest BCUT2D eigenvalue weighted by molar-refractivity contribution is 7.18. The minimum Gasteiger partial charge on any atom is -0.329 e. The Bertz CT molecular complexity index is 1100. The number of rotatable bonds is 2. The second-order valence-electron chi connectivity index (χ2n) is 6.53. The van der Waals surface area contributed by atoms with Crippen LogP contribution in [0.4, 0.5) is 0 Å².